The van der Waals surface area contributed by atoms with Crippen molar-refractivity contribution >= 4 is 23.3 Å². The number of benzene rings is 1. The summed E-state index contributed by atoms with van der Waals surface area (Å²) in [6.07, 6.45) is 4.48. The third kappa shape index (κ3) is 2.29. The second-order valence-electron chi connectivity index (χ2n) is 5.11. The highest BCUT2D eigenvalue weighted by atomic mass is 35.5. The van der Waals surface area contributed by atoms with Crippen LogP contribution in [0.1, 0.15) is 24.8 Å². The number of carbonyl (C=O) groups is 1. The smallest absolute Gasteiger partial charge is 0.236 e. The third-order valence-corrected chi connectivity index (χ3v) is 4.20. The fourth-order valence-corrected chi connectivity index (χ4v) is 2.74. The Labute approximate surface area is 123 Å². The van der Waals surface area contributed by atoms with Crippen LogP contribution in [0.2, 0.25) is 5.02 Å². The first-order chi connectivity index (χ1) is 9.71. The van der Waals surface area contributed by atoms with E-state index in [2.05, 4.69) is 10.3 Å². The van der Waals surface area contributed by atoms with Crippen LogP contribution in [-0.2, 0) is 10.2 Å². The van der Waals surface area contributed by atoms with Gasteiger partial charge in [-0.15, -0.1) is 0 Å². The number of anilines is 1. The van der Waals surface area contributed by atoms with Crippen molar-refractivity contribution in [2.45, 2.75) is 24.7 Å². The van der Waals surface area contributed by atoms with E-state index in [4.69, 9.17) is 11.6 Å². The number of hydrogen-bond donors (Lipinski definition) is 1. The van der Waals surface area contributed by atoms with Gasteiger partial charge in [-0.2, -0.15) is 0 Å². The molecule has 0 unspecified atom stereocenters. The zero-order valence-corrected chi connectivity index (χ0v) is 11.7. The molecule has 3 nitrogen and oxygen atoms in total. The lowest BCUT2D eigenvalue weighted by atomic mass is 9.64. The van der Waals surface area contributed by atoms with Gasteiger partial charge in [0.25, 0.3) is 0 Å². The van der Waals surface area contributed by atoms with Gasteiger partial charge in [0.1, 0.15) is 5.82 Å². The van der Waals surface area contributed by atoms with Gasteiger partial charge in [-0.1, -0.05) is 36.2 Å². The van der Waals surface area contributed by atoms with E-state index in [1.807, 2.05) is 36.4 Å². The summed E-state index contributed by atoms with van der Waals surface area (Å²) >= 11 is 5.92. The summed E-state index contributed by atoms with van der Waals surface area (Å²) in [4.78, 5) is 16.8. The van der Waals surface area contributed by atoms with Crippen LogP contribution in [0, 0.1) is 0 Å². The molecule has 2 aromatic rings. The Morgan fingerprint density at radius 1 is 1.15 bits per heavy atom. The maximum absolute atomic E-state index is 12.6. The van der Waals surface area contributed by atoms with E-state index in [0.29, 0.717) is 10.8 Å². The van der Waals surface area contributed by atoms with E-state index in [-0.39, 0.29) is 5.91 Å². The summed E-state index contributed by atoms with van der Waals surface area (Å²) in [5.41, 5.74) is 0.601. The van der Waals surface area contributed by atoms with Crippen LogP contribution in [0.3, 0.4) is 0 Å². The molecule has 20 heavy (non-hydrogen) atoms. The van der Waals surface area contributed by atoms with Crippen molar-refractivity contribution in [1.29, 1.82) is 0 Å². The van der Waals surface area contributed by atoms with Gasteiger partial charge in [-0.25, -0.2) is 4.98 Å². The van der Waals surface area contributed by atoms with Crippen LogP contribution in [-0.4, -0.2) is 10.9 Å². The van der Waals surface area contributed by atoms with Crippen LogP contribution in [0.25, 0.3) is 0 Å². The fourth-order valence-electron chi connectivity index (χ4n) is 2.62. The van der Waals surface area contributed by atoms with Crippen molar-refractivity contribution in [3.8, 4) is 0 Å². The molecular formula is C16H15ClN2O. The molecule has 1 saturated carbocycles. The number of hydrogen-bond acceptors (Lipinski definition) is 2. The highest BCUT2D eigenvalue weighted by molar-refractivity contribution is 6.30. The number of carbonyl (C=O) groups excluding carboxylic acids is 1. The normalized spacial score (nSPS) is 16.2. The first-order valence-corrected chi connectivity index (χ1v) is 7.07. The molecule has 1 aliphatic rings. The molecule has 4 heteroatoms. The molecule has 1 amide bonds. The molecule has 1 aliphatic carbocycles. The topological polar surface area (TPSA) is 42.0 Å². The van der Waals surface area contributed by atoms with Gasteiger partial charge in [0, 0.05) is 11.2 Å². The van der Waals surface area contributed by atoms with Gasteiger partial charge >= 0.3 is 0 Å². The number of rotatable bonds is 3. The van der Waals surface area contributed by atoms with Crippen LogP contribution >= 0.6 is 11.6 Å². The van der Waals surface area contributed by atoms with Crippen molar-refractivity contribution in [2.24, 2.45) is 0 Å². The van der Waals surface area contributed by atoms with Crippen LogP contribution in [0.5, 0.6) is 0 Å². The maximum Gasteiger partial charge on any atom is 0.236 e. The molecule has 1 N–H and O–H groups in total. The Balaban J connectivity index is 1.85. The number of nitrogens with one attached hydrogen (secondary N) is 1. The zero-order chi connectivity index (χ0) is 14.0. The van der Waals surface area contributed by atoms with Crippen molar-refractivity contribution in [3.63, 3.8) is 0 Å². The lowest BCUT2D eigenvalue weighted by Gasteiger charge is -2.40. The minimum absolute atomic E-state index is 0.0183. The lowest BCUT2D eigenvalue weighted by molar-refractivity contribution is -0.124. The Kier molecular flexibility index (Phi) is 3.45. The minimum atomic E-state index is -0.428. The van der Waals surface area contributed by atoms with Gasteiger partial charge < -0.3 is 5.32 Å². The summed E-state index contributed by atoms with van der Waals surface area (Å²) in [5, 5.41) is 3.60. The molecule has 102 valence electrons. The highest BCUT2D eigenvalue weighted by Crippen LogP contribution is 2.44. The number of amides is 1. The van der Waals surface area contributed by atoms with Crippen molar-refractivity contribution in [2.75, 3.05) is 5.32 Å². The lowest BCUT2D eigenvalue weighted by Crippen LogP contribution is -2.46. The zero-order valence-electron chi connectivity index (χ0n) is 11.0. The van der Waals surface area contributed by atoms with Crippen molar-refractivity contribution < 1.29 is 4.79 Å². The Bertz CT molecular complexity index is 606. The average Bonchev–Trinajstić information content (AvgIpc) is 2.41. The fraction of sp³-hybridized carbons (Fsp3) is 0.250. The van der Waals surface area contributed by atoms with Crippen LogP contribution < -0.4 is 5.32 Å². The summed E-state index contributed by atoms with van der Waals surface area (Å²) in [6.45, 7) is 0. The van der Waals surface area contributed by atoms with Gasteiger partial charge in [0.05, 0.1) is 5.41 Å². The third-order valence-electron chi connectivity index (χ3n) is 3.95. The largest absolute Gasteiger partial charge is 0.310 e. The molecule has 1 aromatic carbocycles. The predicted molar refractivity (Wildman–Crippen MR) is 79.8 cm³/mol. The molecule has 0 radical (unpaired) electrons. The van der Waals surface area contributed by atoms with Crippen LogP contribution in [0.15, 0.2) is 48.7 Å². The Hall–Kier alpha value is -1.87. The number of aromatic nitrogens is 1. The van der Waals surface area contributed by atoms with Crippen molar-refractivity contribution in [1.82, 2.24) is 4.98 Å². The molecule has 1 fully saturated rings. The molecule has 0 aliphatic heterocycles. The molecule has 1 heterocycles. The van der Waals surface area contributed by atoms with Gasteiger partial charge in [0.15, 0.2) is 0 Å². The molecule has 0 bridgehead atoms. The van der Waals surface area contributed by atoms with Crippen molar-refractivity contribution in [3.05, 3.63) is 59.2 Å². The highest BCUT2D eigenvalue weighted by Gasteiger charge is 2.45. The van der Waals surface area contributed by atoms with Crippen LogP contribution in [0.4, 0.5) is 5.82 Å². The minimum Gasteiger partial charge on any atom is -0.310 e. The monoisotopic (exact) mass is 286 g/mol. The quantitative estimate of drug-likeness (QED) is 0.932. The molecule has 3 rings (SSSR count). The summed E-state index contributed by atoms with van der Waals surface area (Å²) in [5.74, 6) is 0.613. The maximum atomic E-state index is 12.6. The van der Waals surface area contributed by atoms with E-state index in [9.17, 15) is 4.79 Å². The van der Waals surface area contributed by atoms with Gasteiger partial charge in [-0.05, 0) is 42.7 Å². The number of nitrogens with zero attached hydrogens (tertiary/aromatic N) is 1. The predicted octanol–water partition coefficient (Wildman–Crippen LogP) is 3.80. The standard InChI is InChI=1S/C16H15ClN2O/c17-13-7-5-12(6-8-13)16(9-3-10-16)15(20)19-14-4-1-2-11-18-14/h1-2,4-8,11H,3,9-10H2,(H,18,19,20). The second-order valence-corrected chi connectivity index (χ2v) is 5.55. The second kappa shape index (κ2) is 5.25. The average molecular weight is 287 g/mol. The number of halogens is 1. The number of pyridine rings is 1. The van der Waals surface area contributed by atoms with Gasteiger partial charge in [0.2, 0.25) is 5.91 Å². The summed E-state index contributed by atoms with van der Waals surface area (Å²) < 4.78 is 0. The first kappa shape index (κ1) is 13.1. The first-order valence-electron chi connectivity index (χ1n) is 6.69. The Morgan fingerprint density at radius 3 is 2.45 bits per heavy atom. The van der Waals surface area contributed by atoms with E-state index in [0.717, 1.165) is 24.8 Å². The summed E-state index contributed by atoms with van der Waals surface area (Å²) in [7, 11) is 0. The van der Waals surface area contributed by atoms with E-state index < -0.39 is 5.41 Å². The molecule has 0 spiro atoms. The summed E-state index contributed by atoms with van der Waals surface area (Å²) in [6, 6.07) is 13.0. The Morgan fingerprint density at radius 2 is 1.90 bits per heavy atom. The van der Waals surface area contributed by atoms with E-state index in [1.165, 1.54) is 0 Å². The molecule has 1 aromatic heterocycles. The molecular weight excluding hydrogens is 272 g/mol. The van der Waals surface area contributed by atoms with Gasteiger partial charge in [-0.3, -0.25) is 4.79 Å². The van der Waals surface area contributed by atoms with E-state index in [1.54, 1.807) is 12.3 Å². The van der Waals surface area contributed by atoms with E-state index >= 15 is 0 Å². The molecule has 0 atom stereocenters. The SMILES string of the molecule is O=C(Nc1ccccn1)C1(c2ccc(Cl)cc2)CCC1. The molecule has 0 saturated heterocycles.